The number of nitrogens with one attached hydrogen (secondary N) is 1. The summed E-state index contributed by atoms with van der Waals surface area (Å²) in [6, 6.07) is 0. The SMILES string of the molecule is CC(C)CN(C)c1nn[nH]c1F. The monoisotopic (exact) mass is 172 g/mol. The van der Waals surface area contributed by atoms with Crippen LogP contribution in [0.1, 0.15) is 13.8 Å². The number of aromatic amines is 1. The van der Waals surface area contributed by atoms with Gasteiger partial charge in [0.05, 0.1) is 0 Å². The van der Waals surface area contributed by atoms with Crippen molar-refractivity contribution in [2.45, 2.75) is 13.8 Å². The fourth-order valence-corrected chi connectivity index (χ4v) is 1.09. The summed E-state index contributed by atoms with van der Waals surface area (Å²) in [6.45, 7) is 4.90. The summed E-state index contributed by atoms with van der Waals surface area (Å²) in [5, 5.41) is 9.13. The zero-order chi connectivity index (χ0) is 9.14. The van der Waals surface area contributed by atoms with Gasteiger partial charge in [0.1, 0.15) is 0 Å². The summed E-state index contributed by atoms with van der Waals surface area (Å²) in [4.78, 5) is 1.74. The Labute approximate surface area is 70.8 Å². The van der Waals surface area contributed by atoms with Crippen LogP contribution in [0.3, 0.4) is 0 Å². The predicted octanol–water partition coefficient (Wildman–Crippen LogP) is 1.04. The normalized spacial score (nSPS) is 10.8. The maximum Gasteiger partial charge on any atom is 0.253 e. The van der Waals surface area contributed by atoms with Gasteiger partial charge in [-0.25, -0.2) is 5.10 Å². The largest absolute Gasteiger partial charge is 0.354 e. The molecule has 0 aromatic carbocycles. The standard InChI is InChI=1S/C7H13FN4/c1-5(2)4-12(3)7-6(8)9-11-10-7/h5H,4H2,1-3H3,(H,9,10,11). The van der Waals surface area contributed by atoms with E-state index in [9.17, 15) is 4.39 Å². The minimum absolute atomic E-state index is 0.281. The van der Waals surface area contributed by atoms with Gasteiger partial charge in [-0.05, 0) is 5.92 Å². The van der Waals surface area contributed by atoms with Crippen LogP contribution in [-0.2, 0) is 0 Å². The van der Waals surface area contributed by atoms with Crippen molar-refractivity contribution in [3.05, 3.63) is 5.95 Å². The molecule has 0 aliphatic carbocycles. The third-order valence-corrected chi connectivity index (χ3v) is 1.49. The first-order valence-corrected chi connectivity index (χ1v) is 3.89. The lowest BCUT2D eigenvalue weighted by molar-refractivity contribution is 0.567. The first-order chi connectivity index (χ1) is 5.61. The maximum absolute atomic E-state index is 12.8. The fourth-order valence-electron chi connectivity index (χ4n) is 1.09. The molecule has 1 aromatic rings. The third-order valence-electron chi connectivity index (χ3n) is 1.49. The highest BCUT2D eigenvalue weighted by atomic mass is 19.1. The second kappa shape index (κ2) is 3.51. The first-order valence-electron chi connectivity index (χ1n) is 3.89. The second-order valence-corrected chi connectivity index (χ2v) is 3.22. The average molecular weight is 172 g/mol. The van der Waals surface area contributed by atoms with Crippen molar-refractivity contribution in [2.24, 2.45) is 5.92 Å². The summed E-state index contributed by atoms with van der Waals surface area (Å²) < 4.78 is 12.8. The molecule has 4 nitrogen and oxygen atoms in total. The Bertz CT molecular complexity index is 245. The highest BCUT2D eigenvalue weighted by Gasteiger charge is 2.11. The molecule has 0 fully saturated rings. The molecule has 0 aliphatic rings. The number of hydrogen-bond donors (Lipinski definition) is 1. The molecule has 0 aliphatic heterocycles. The molecule has 0 unspecified atom stereocenters. The van der Waals surface area contributed by atoms with E-state index in [4.69, 9.17) is 0 Å². The molecule has 68 valence electrons. The number of aromatic nitrogens is 3. The van der Waals surface area contributed by atoms with Gasteiger partial charge in [-0.3, -0.25) is 0 Å². The summed E-state index contributed by atoms with van der Waals surface area (Å²) in [5.74, 6) is 0.285. The smallest absolute Gasteiger partial charge is 0.253 e. The van der Waals surface area contributed by atoms with E-state index in [2.05, 4.69) is 29.3 Å². The van der Waals surface area contributed by atoms with Crippen LogP contribution in [0.25, 0.3) is 0 Å². The second-order valence-electron chi connectivity index (χ2n) is 3.22. The van der Waals surface area contributed by atoms with Gasteiger partial charge >= 0.3 is 0 Å². The molecule has 0 atom stereocenters. The van der Waals surface area contributed by atoms with Crippen LogP contribution in [0, 0.1) is 11.9 Å². The number of nitrogens with zero attached hydrogens (tertiary/aromatic N) is 3. The van der Waals surface area contributed by atoms with Crippen molar-refractivity contribution in [3.63, 3.8) is 0 Å². The Kier molecular flexibility index (Phi) is 2.62. The van der Waals surface area contributed by atoms with Gasteiger partial charge in [-0.1, -0.05) is 19.1 Å². The number of halogens is 1. The zero-order valence-corrected chi connectivity index (χ0v) is 7.50. The maximum atomic E-state index is 12.8. The molecular weight excluding hydrogens is 159 g/mol. The topological polar surface area (TPSA) is 44.8 Å². The fraction of sp³-hybridized carbons (Fsp3) is 0.714. The molecule has 5 heteroatoms. The molecule has 0 saturated heterocycles. The lowest BCUT2D eigenvalue weighted by Gasteiger charge is -2.17. The minimum atomic E-state index is -0.474. The highest BCUT2D eigenvalue weighted by molar-refractivity contribution is 5.34. The Morgan fingerprint density at radius 1 is 1.58 bits per heavy atom. The van der Waals surface area contributed by atoms with E-state index in [1.165, 1.54) is 0 Å². The van der Waals surface area contributed by atoms with Gasteiger partial charge in [0.15, 0.2) is 0 Å². The van der Waals surface area contributed by atoms with Gasteiger partial charge < -0.3 is 4.90 Å². The first kappa shape index (κ1) is 8.96. The summed E-state index contributed by atoms with van der Waals surface area (Å²) in [5.41, 5.74) is 0. The minimum Gasteiger partial charge on any atom is -0.354 e. The van der Waals surface area contributed by atoms with Crippen molar-refractivity contribution < 1.29 is 4.39 Å². The summed E-state index contributed by atoms with van der Waals surface area (Å²) in [7, 11) is 1.79. The number of H-pyrrole nitrogens is 1. The van der Waals surface area contributed by atoms with E-state index in [1.807, 2.05) is 0 Å². The molecule has 1 rings (SSSR count). The molecule has 0 bridgehead atoms. The van der Waals surface area contributed by atoms with Gasteiger partial charge in [-0.2, -0.15) is 4.39 Å². The van der Waals surface area contributed by atoms with Crippen molar-refractivity contribution >= 4 is 5.82 Å². The van der Waals surface area contributed by atoms with E-state index in [-0.39, 0.29) is 5.82 Å². The molecule has 0 saturated carbocycles. The number of rotatable bonds is 3. The highest BCUT2D eigenvalue weighted by Crippen LogP contribution is 2.11. The predicted molar refractivity (Wildman–Crippen MR) is 44.4 cm³/mol. The summed E-state index contributed by atoms with van der Waals surface area (Å²) >= 11 is 0. The Balaban J connectivity index is 2.65. The van der Waals surface area contributed by atoms with Crippen LogP contribution in [0.2, 0.25) is 0 Å². The van der Waals surface area contributed by atoms with Crippen molar-refractivity contribution in [1.82, 2.24) is 15.4 Å². The molecule has 1 heterocycles. The van der Waals surface area contributed by atoms with Crippen molar-refractivity contribution in [2.75, 3.05) is 18.5 Å². The molecule has 0 spiro atoms. The third kappa shape index (κ3) is 1.93. The van der Waals surface area contributed by atoms with Crippen LogP contribution in [-0.4, -0.2) is 29.0 Å². The van der Waals surface area contributed by atoms with Crippen LogP contribution in [0.4, 0.5) is 10.2 Å². The van der Waals surface area contributed by atoms with Crippen LogP contribution in [0.15, 0.2) is 0 Å². The van der Waals surface area contributed by atoms with E-state index in [1.54, 1.807) is 11.9 Å². The Morgan fingerprint density at radius 3 is 2.67 bits per heavy atom. The van der Waals surface area contributed by atoms with Crippen molar-refractivity contribution in [3.8, 4) is 0 Å². The molecule has 1 N–H and O–H groups in total. The van der Waals surface area contributed by atoms with Gasteiger partial charge in [0, 0.05) is 13.6 Å². The Morgan fingerprint density at radius 2 is 2.25 bits per heavy atom. The molecular formula is C7H13FN4. The van der Waals surface area contributed by atoms with Crippen LogP contribution < -0.4 is 4.90 Å². The van der Waals surface area contributed by atoms with Crippen molar-refractivity contribution in [1.29, 1.82) is 0 Å². The van der Waals surface area contributed by atoms with Gasteiger partial charge in [0.2, 0.25) is 5.82 Å². The summed E-state index contributed by atoms with van der Waals surface area (Å²) in [6.07, 6.45) is 0. The molecule has 1 aromatic heterocycles. The van der Waals surface area contributed by atoms with E-state index in [0.29, 0.717) is 5.92 Å². The van der Waals surface area contributed by atoms with Crippen LogP contribution in [0.5, 0.6) is 0 Å². The van der Waals surface area contributed by atoms with Gasteiger partial charge in [-0.15, -0.1) is 5.10 Å². The quantitative estimate of drug-likeness (QED) is 0.740. The lowest BCUT2D eigenvalue weighted by Crippen LogP contribution is -2.23. The van der Waals surface area contributed by atoms with E-state index in [0.717, 1.165) is 6.54 Å². The van der Waals surface area contributed by atoms with E-state index >= 15 is 0 Å². The van der Waals surface area contributed by atoms with Crippen LogP contribution >= 0.6 is 0 Å². The number of anilines is 1. The molecule has 0 radical (unpaired) electrons. The molecule has 12 heavy (non-hydrogen) atoms. The van der Waals surface area contributed by atoms with E-state index < -0.39 is 5.95 Å². The Hall–Kier alpha value is -1.13. The lowest BCUT2D eigenvalue weighted by atomic mass is 10.2. The number of hydrogen-bond acceptors (Lipinski definition) is 3. The average Bonchev–Trinajstić information content (AvgIpc) is 2.33. The zero-order valence-electron chi connectivity index (χ0n) is 7.50. The van der Waals surface area contributed by atoms with Gasteiger partial charge in [0.25, 0.3) is 5.95 Å². The molecule has 0 amide bonds.